The third-order valence-electron chi connectivity index (χ3n) is 10.1. The molecular weight excluding hydrogens is 608 g/mol. The van der Waals surface area contributed by atoms with Gasteiger partial charge in [-0.1, -0.05) is 26.0 Å². The normalized spacial score (nSPS) is 23.4. The van der Waals surface area contributed by atoms with Crippen LogP contribution in [0.5, 0.6) is 0 Å². The zero-order chi connectivity index (χ0) is 33.7. The molecule has 0 radical (unpaired) electrons. The van der Waals surface area contributed by atoms with Crippen LogP contribution in [0.25, 0.3) is 0 Å². The molecule has 3 amide bonds. The molecule has 3 N–H and O–H groups in total. The van der Waals surface area contributed by atoms with Crippen LogP contribution in [0.1, 0.15) is 107 Å². The van der Waals surface area contributed by atoms with E-state index < -0.39 is 11.8 Å². The van der Waals surface area contributed by atoms with E-state index in [-0.39, 0.29) is 62.7 Å². The maximum Gasteiger partial charge on any atom is 0.250 e. The molecular formula is C34H49F2N7O4. The summed E-state index contributed by atoms with van der Waals surface area (Å²) >= 11 is 0. The van der Waals surface area contributed by atoms with E-state index in [9.17, 15) is 23.2 Å². The fourth-order valence-corrected chi connectivity index (χ4v) is 7.55. The fourth-order valence-electron chi connectivity index (χ4n) is 7.55. The van der Waals surface area contributed by atoms with Crippen LogP contribution < -0.4 is 16.0 Å². The van der Waals surface area contributed by atoms with Crippen LogP contribution in [0.2, 0.25) is 0 Å². The van der Waals surface area contributed by atoms with Crippen LogP contribution in [0, 0.1) is 12.8 Å². The van der Waals surface area contributed by atoms with Gasteiger partial charge in [0.25, 0.3) is 0 Å². The molecule has 2 bridgehead atoms. The molecule has 3 atom stereocenters. The molecule has 3 aliphatic rings. The Morgan fingerprint density at radius 2 is 1.60 bits per heavy atom. The van der Waals surface area contributed by atoms with Crippen molar-refractivity contribution in [1.29, 1.82) is 0 Å². The van der Waals surface area contributed by atoms with Crippen molar-refractivity contribution in [2.75, 3.05) is 32.1 Å². The summed E-state index contributed by atoms with van der Waals surface area (Å²) in [5.74, 6) is -1.71. The number of halogens is 2. The van der Waals surface area contributed by atoms with Crippen molar-refractivity contribution in [1.82, 2.24) is 30.3 Å². The summed E-state index contributed by atoms with van der Waals surface area (Å²) in [6.07, 6.45) is 4.83. The molecule has 1 aromatic carbocycles. The molecule has 47 heavy (non-hydrogen) atoms. The minimum Gasteiger partial charge on any atom is -0.362 e. The number of fused-ring (bicyclic) bond motifs is 2. The average molecular weight is 658 g/mol. The number of anilines is 1. The number of ether oxygens (including phenoxy) is 1. The van der Waals surface area contributed by atoms with Gasteiger partial charge in [-0.25, -0.2) is 8.78 Å². The summed E-state index contributed by atoms with van der Waals surface area (Å²) < 4.78 is 35.1. The van der Waals surface area contributed by atoms with Crippen LogP contribution in [0.4, 0.5) is 14.5 Å². The Kier molecular flexibility index (Phi) is 11.3. The lowest BCUT2D eigenvalue weighted by atomic mass is 9.86. The van der Waals surface area contributed by atoms with Crippen LogP contribution in [0.15, 0.2) is 24.3 Å². The number of hydrogen-bond donors (Lipinski definition) is 3. The molecule has 2 aliphatic heterocycles. The molecule has 13 heteroatoms. The maximum absolute atomic E-state index is 13.8. The summed E-state index contributed by atoms with van der Waals surface area (Å²) in [5, 5.41) is 17.3. The van der Waals surface area contributed by atoms with Gasteiger partial charge in [0.05, 0.1) is 6.04 Å². The second-order valence-corrected chi connectivity index (χ2v) is 13.7. The van der Waals surface area contributed by atoms with E-state index in [4.69, 9.17) is 4.74 Å². The maximum atomic E-state index is 13.8. The smallest absolute Gasteiger partial charge is 0.250 e. The number of piperidine rings is 1. The summed E-state index contributed by atoms with van der Waals surface area (Å²) in [6.45, 7) is 6.68. The van der Waals surface area contributed by atoms with Gasteiger partial charge in [-0.15, -0.1) is 10.2 Å². The number of carbonyl (C=O) groups is 3. The van der Waals surface area contributed by atoms with Crippen molar-refractivity contribution in [2.24, 2.45) is 5.92 Å². The largest absolute Gasteiger partial charge is 0.362 e. The van der Waals surface area contributed by atoms with Crippen molar-refractivity contribution < 1.29 is 27.9 Å². The molecule has 2 unspecified atom stereocenters. The molecule has 1 aromatic heterocycles. The highest BCUT2D eigenvalue weighted by Crippen LogP contribution is 2.43. The second kappa shape index (κ2) is 15.2. The van der Waals surface area contributed by atoms with Gasteiger partial charge in [0.1, 0.15) is 24.9 Å². The van der Waals surface area contributed by atoms with Crippen molar-refractivity contribution >= 4 is 23.4 Å². The van der Waals surface area contributed by atoms with Gasteiger partial charge >= 0.3 is 0 Å². The summed E-state index contributed by atoms with van der Waals surface area (Å²) in [4.78, 5) is 39.6. The number of carbonyl (C=O) groups excluding carboxylic acids is 3. The number of aromatic nitrogens is 3. The number of hydrogen-bond acceptors (Lipinski definition) is 7. The first-order valence-corrected chi connectivity index (χ1v) is 17.0. The van der Waals surface area contributed by atoms with E-state index in [2.05, 4.69) is 49.5 Å². The SMILES string of the molecule is CNC(=O)COCC(=O)Nc1ccc([C@H](CCN2C3CCC2CC(n2c(C)nnc2C(C)C)C3)NC(=O)C2CCC(F)(F)CC2)cc1. The zero-order valence-corrected chi connectivity index (χ0v) is 27.9. The number of nitrogens with one attached hydrogen (secondary N) is 3. The lowest BCUT2D eigenvalue weighted by Gasteiger charge is -2.40. The minimum absolute atomic E-state index is 0.178. The van der Waals surface area contributed by atoms with Gasteiger partial charge in [-0.2, -0.15) is 0 Å². The Labute approximate surface area is 275 Å². The van der Waals surface area contributed by atoms with Crippen LogP contribution in [-0.4, -0.2) is 82.2 Å². The highest BCUT2D eigenvalue weighted by Gasteiger charge is 2.42. The van der Waals surface area contributed by atoms with Crippen LogP contribution >= 0.6 is 0 Å². The average Bonchev–Trinajstić information content (AvgIpc) is 3.54. The van der Waals surface area contributed by atoms with Gasteiger partial charge < -0.3 is 25.3 Å². The molecule has 11 nitrogen and oxygen atoms in total. The number of benzene rings is 1. The first-order valence-electron chi connectivity index (χ1n) is 17.0. The molecule has 0 spiro atoms. The predicted molar refractivity (Wildman–Crippen MR) is 173 cm³/mol. The quantitative estimate of drug-likeness (QED) is 0.286. The molecule has 1 aliphatic carbocycles. The molecule has 3 heterocycles. The van der Waals surface area contributed by atoms with Gasteiger partial charge in [0.15, 0.2) is 0 Å². The number of amides is 3. The van der Waals surface area contributed by atoms with Gasteiger partial charge in [0.2, 0.25) is 23.6 Å². The first kappa shape index (κ1) is 34.9. The summed E-state index contributed by atoms with van der Waals surface area (Å²) in [6, 6.07) is 8.23. The molecule has 2 aromatic rings. The highest BCUT2D eigenvalue weighted by atomic mass is 19.3. The Balaban J connectivity index is 1.24. The Morgan fingerprint density at radius 1 is 0.957 bits per heavy atom. The van der Waals surface area contributed by atoms with Crippen LogP contribution in [0.3, 0.4) is 0 Å². The number of rotatable bonds is 13. The number of alkyl halides is 2. The van der Waals surface area contributed by atoms with Crippen molar-refractivity contribution in [3.8, 4) is 0 Å². The van der Waals surface area contributed by atoms with E-state index in [0.29, 0.717) is 36.2 Å². The topological polar surface area (TPSA) is 130 Å². The summed E-state index contributed by atoms with van der Waals surface area (Å²) in [5.41, 5.74) is 1.45. The monoisotopic (exact) mass is 657 g/mol. The predicted octanol–water partition coefficient (Wildman–Crippen LogP) is 4.65. The number of likely N-dealkylation sites (N-methyl/N-ethyl adjacent to an activating group) is 1. The molecule has 2 saturated heterocycles. The Hall–Kier alpha value is -3.45. The van der Waals surface area contributed by atoms with Gasteiger partial charge in [-0.05, 0) is 69.6 Å². The molecule has 3 fully saturated rings. The summed E-state index contributed by atoms with van der Waals surface area (Å²) in [7, 11) is 1.49. The van der Waals surface area contributed by atoms with Crippen LogP contribution in [-0.2, 0) is 19.1 Å². The third kappa shape index (κ3) is 8.72. The molecule has 258 valence electrons. The van der Waals surface area contributed by atoms with E-state index in [1.54, 1.807) is 12.1 Å². The van der Waals surface area contributed by atoms with E-state index in [1.807, 2.05) is 19.1 Å². The van der Waals surface area contributed by atoms with Crippen molar-refractivity contribution in [3.63, 3.8) is 0 Å². The standard InChI is InChI=1S/C34H49F2N7O4/c1-21(2)32-41-40-22(3)43(32)28-17-26-9-10-27(18-28)42(26)16-13-29(39-33(46)24-11-14-34(35,36)15-12-24)23-5-7-25(8-6-23)38-31(45)20-47-19-30(44)37-4/h5-8,21,24,26-29H,9-20H2,1-4H3,(H,37,44)(H,38,45)(H,39,46)/t26?,27?,28?,29-/m0/s1. The van der Waals surface area contributed by atoms with E-state index >= 15 is 0 Å². The van der Waals surface area contributed by atoms with Crippen molar-refractivity contribution in [3.05, 3.63) is 41.5 Å². The number of aryl methyl sites for hydroxylation is 1. The number of nitrogens with zero attached hydrogens (tertiary/aromatic N) is 4. The Morgan fingerprint density at radius 3 is 2.21 bits per heavy atom. The van der Waals surface area contributed by atoms with Crippen molar-refractivity contribution in [2.45, 2.75) is 115 Å². The van der Waals surface area contributed by atoms with E-state index in [1.165, 1.54) is 7.05 Å². The lowest BCUT2D eigenvalue weighted by molar-refractivity contribution is -0.130. The second-order valence-electron chi connectivity index (χ2n) is 13.7. The van der Waals surface area contributed by atoms with Gasteiger partial charge in [0, 0.05) is 62.1 Å². The fraction of sp³-hybridized carbons (Fsp3) is 0.676. The molecule has 1 saturated carbocycles. The lowest BCUT2D eigenvalue weighted by Crippen LogP contribution is -2.45. The highest BCUT2D eigenvalue weighted by molar-refractivity contribution is 5.92. The third-order valence-corrected chi connectivity index (χ3v) is 10.1. The first-order chi connectivity index (χ1) is 22.4. The Bertz CT molecular complexity index is 1380. The minimum atomic E-state index is -2.70. The van der Waals surface area contributed by atoms with Gasteiger partial charge in [-0.3, -0.25) is 19.3 Å². The van der Waals surface area contributed by atoms with E-state index in [0.717, 1.165) is 49.4 Å². The zero-order valence-electron chi connectivity index (χ0n) is 27.9. The molecule has 5 rings (SSSR count).